The first-order valence-electron chi connectivity index (χ1n) is 7.72. The van der Waals surface area contributed by atoms with Gasteiger partial charge < -0.3 is 10.2 Å². The predicted molar refractivity (Wildman–Crippen MR) is 91.7 cm³/mol. The number of halogens is 1. The number of anilines is 1. The predicted octanol–water partition coefficient (Wildman–Crippen LogP) is 4.28. The highest BCUT2D eigenvalue weighted by atomic mass is 79.9. The van der Waals surface area contributed by atoms with Crippen LogP contribution < -0.4 is 10.2 Å². The maximum absolute atomic E-state index is 3.64. The van der Waals surface area contributed by atoms with Crippen molar-refractivity contribution in [2.45, 2.75) is 53.1 Å². The van der Waals surface area contributed by atoms with Crippen molar-refractivity contribution in [3.8, 4) is 0 Å². The molecule has 0 aromatic heterocycles. The summed E-state index contributed by atoms with van der Waals surface area (Å²) in [6.45, 7) is 13.6. The topological polar surface area (TPSA) is 15.3 Å². The summed E-state index contributed by atoms with van der Waals surface area (Å²) in [5.41, 5.74) is 4.18. The van der Waals surface area contributed by atoms with Gasteiger partial charge in [-0.05, 0) is 62.9 Å². The molecular weight excluding hydrogens is 312 g/mol. The zero-order chi connectivity index (χ0) is 14.9. The third kappa shape index (κ3) is 3.04. The van der Waals surface area contributed by atoms with Crippen LogP contribution in [0.25, 0.3) is 0 Å². The molecule has 0 radical (unpaired) electrons. The van der Waals surface area contributed by atoms with Gasteiger partial charge in [-0.25, -0.2) is 0 Å². The number of nitrogens with one attached hydrogen (secondary N) is 1. The van der Waals surface area contributed by atoms with Gasteiger partial charge in [0.15, 0.2) is 0 Å². The van der Waals surface area contributed by atoms with Crippen LogP contribution in [0.1, 0.15) is 38.3 Å². The van der Waals surface area contributed by atoms with Crippen molar-refractivity contribution in [2.75, 3.05) is 18.0 Å². The highest BCUT2D eigenvalue weighted by Crippen LogP contribution is 2.34. The number of hydrogen-bond donors (Lipinski definition) is 1. The first-order chi connectivity index (χ1) is 9.45. The molecule has 3 heteroatoms. The van der Waals surface area contributed by atoms with Gasteiger partial charge in [-0.2, -0.15) is 0 Å². The van der Waals surface area contributed by atoms with Gasteiger partial charge in [0.25, 0.3) is 0 Å². The van der Waals surface area contributed by atoms with Crippen LogP contribution in [0.3, 0.4) is 0 Å². The van der Waals surface area contributed by atoms with E-state index in [0.29, 0.717) is 18.0 Å². The molecule has 0 aliphatic carbocycles. The van der Waals surface area contributed by atoms with Crippen LogP contribution >= 0.6 is 15.9 Å². The molecule has 1 aromatic carbocycles. The Labute approximate surface area is 132 Å². The lowest BCUT2D eigenvalue weighted by Gasteiger charge is -2.45. The van der Waals surface area contributed by atoms with Crippen LogP contribution in [-0.2, 0) is 0 Å². The Hall–Kier alpha value is -0.540. The van der Waals surface area contributed by atoms with Gasteiger partial charge in [-0.3, -0.25) is 0 Å². The highest BCUT2D eigenvalue weighted by Gasteiger charge is 2.33. The van der Waals surface area contributed by atoms with E-state index in [1.807, 2.05) is 0 Å². The minimum absolute atomic E-state index is 0.575. The molecule has 3 unspecified atom stereocenters. The summed E-state index contributed by atoms with van der Waals surface area (Å²) in [7, 11) is 0. The molecular formula is C17H27BrN2. The maximum atomic E-state index is 3.64. The largest absolute Gasteiger partial charge is 0.368 e. The van der Waals surface area contributed by atoms with Crippen LogP contribution in [0.15, 0.2) is 16.6 Å². The normalized spacial score (nSPS) is 26.9. The zero-order valence-corrected chi connectivity index (χ0v) is 14.9. The van der Waals surface area contributed by atoms with Crippen molar-refractivity contribution in [3.63, 3.8) is 0 Å². The molecule has 20 heavy (non-hydrogen) atoms. The summed E-state index contributed by atoms with van der Waals surface area (Å²) < 4.78 is 1.18. The minimum atomic E-state index is 0.575. The van der Waals surface area contributed by atoms with Crippen LogP contribution in [0.4, 0.5) is 5.69 Å². The number of nitrogens with zero attached hydrogens (tertiary/aromatic N) is 1. The van der Waals surface area contributed by atoms with Crippen LogP contribution in [0.5, 0.6) is 0 Å². The van der Waals surface area contributed by atoms with E-state index in [2.05, 4.69) is 72.9 Å². The lowest BCUT2D eigenvalue weighted by Crippen LogP contribution is -2.53. The van der Waals surface area contributed by atoms with E-state index in [1.54, 1.807) is 0 Å². The van der Waals surface area contributed by atoms with Gasteiger partial charge in [0.1, 0.15) is 0 Å². The Morgan fingerprint density at radius 1 is 1.25 bits per heavy atom. The number of aryl methyl sites for hydroxylation is 2. The molecule has 3 atom stereocenters. The molecule has 1 saturated heterocycles. The summed E-state index contributed by atoms with van der Waals surface area (Å²) in [4.78, 5) is 2.61. The second-order valence-electron chi connectivity index (χ2n) is 6.13. The van der Waals surface area contributed by atoms with Crippen LogP contribution in [0.2, 0.25) is 0 Å². The fourth-order valence-electron chi connectivity index (χ4n) is 3.59. The Balaban J connectivity index is 2.27. The summed E-state index contributed by atoms with van der Waals surface area (Å²) in [5.74, 6) is 0.672. The Morgan fingerprint density at radius 2 is 1.85 bits per heavy atom. The van der Waals surface area contributed by atoms with E-state index in [4.69, 9.17) is 0 Å². The Morgan fingerprint density at radius 3 is 2.40 bits per heavy atom. The molecule has 0 bridgehead atoms. The fourth-order valence-corrected chi connectivity index (χ4v) is 4.27. The molecule has 1 heterocycles. The van der Waals surface area contributed by atoms with Crippen LogP contribution in [0, 0.1) is 19.8 Å². The molecule has 1 aromatic rings. The Bertz CT molecular complexity index is 449. The first-order valence-corrected chi connectivity index (χ1v) is 8.51. The summed E-state index contributed by atoms with van der Waals surface area (Å²) in [5, 5.41) is 3.64. The molecule has 1 aliphatic heterocycles. The van der Waals surface area contributed by atoms with Crippen molar-refractivity contribution in [3.05, 3.63) is 27.7 Å². The molecule has 0 amide bonds. The molecule has 112 valence electrons. The van der Waals surface area contributed by atoms with Crippen molar-refractivity contribution in [2.24, 2.45) is 5.92 Å². The lowest BCUT2D eigenvalue weighted by molar-refractivity contribution is 0.274. The maximum Gasteiger partial charge on any atom is 0.0428 e. The molecule has 2 rings (SSSR count). The van der Waals surface area contributed by atoms with Gasteiger partial charge in [0.2, 0.25) is 0 Å². The molecule has 0 saturated carbocycles. The molecule has 0 spiro atoms. The van der Waals surface area contributed by atoms with Gasteiger partial charge in [-0.1, -0.05) is 29.8 Å². The summed E-state index contributed by atoms with van der Waals surface area (Å²) in [6.07, 6.45) is 1.23. The second-order valence-corrected chi connectivity index (χ2v) is 7.05. The third-order valence-electron chi connectivity index (χ3n) is 4.78. The highest BCUT2D eigenvalue weighted by molar-refractivity contribution is 9.10. The number of hydrogen-bond acceptors (Lipinski definition) is 2. The van der Waals surface area contributed by atoms with E-state index in [-0.39, 0.29) is 0 Å². The van der Waals surface area contributed by atoms with Gasteiger partial charge in [-0.15, -0.1) is 0 Å². The SMILES string of the molecule is CCNC1CCN(c2c(C)cc(Br)cc2C)C(C)C1C. The number of piperidine rings is 1. The van der Waals surface area contributed by atoms with Crippen molar-refractivity contribution < 1.29 is 0 Å². The van der Waals surface area contributed by atoms with Crippen molar-refractivity contribution >= 4 is 21.6 Å². The number of rotatable bonds is 3. The van der Waals surface area contributed by atoms with E-state index in [9.17, 15) is 0 Å². The van der Waals surface area contributed by atoms with E-state index >= 15 is 0 Å². The molecule has 1 aliphatic rings. The van der Waals surface area contributed by atoms with Crippen molar-refractivity contribution in [1.29, 1.82) is 0 Å². The van der Waals surface area contributed by atoms with E-state index in [0.717, 1.165) is 13.1 Å². The zero-order valence-electron chi connectivity index (χ0n) is 13.3. The lowest BCUT2D eigenvalue weighted by atomic mass is 9.86. The van der Waals surface area contributed by atoms with Crippen LogP contribution in [-0.4, -0.2) is 25.2 Å². The Kier molecular flexibility index (Phi) is 5.14. The quantitative estimate of drug-likeness (QED) is 0.884. The first kappa shape index (κ1) is 15.8. The van der Waals surface area contributed by atoms with Gasteiger partial charge >= 0.3 is 0 Å². The average Bonchev–Trinajstić information content (AvgIpc) is 2.36. The summed E-state index contributed by atoms with van der Waals surface area (Å²) in [6, 6.07) is 5.69. The third-order valence-corrected chi connectivity index (χ3v) is 5.24. The van der Waals surface area contributed by atoms with Gasteiger partial charge in [0, 0.05) is 28.8 Å². The van der Waals surface area contributed by atoms with Gasteiger partial charge in [0.05, 0.1) is 0 Å². The monoisotopic (exact) mass is 338 g/mol. The smallest absolute Gasteiger partial charge is 0.0428 e. The van der Waals surface area contributed by atoms with E-state index < -0.39 is 0 Å². The average molecular weight is 339 g/mol. The minimum Gasteiger partial charge on any atom is -0.368 e. The molecule has 2 nitrogen and oxygen atoms in total. The molecule has 1 fully saturated rings. The molecule has 1 N–H and O–H groups in total. The van der Waals surface area contributed by atoms with E-state index in [1.165, 1.54) is 27.7 Å². The fraction of sp³-hybridized carbons (Fsp3) is 0.647. The standard InChI is InChI=1S/C17H27BrN2/c1-6-19-16-7-8-20(14(5)13(16)4)17-11(2)9-15(18)10-12(17)3/h9-10,13-14,16,19H,6-8H2,1-5H3. The second kappa shape index (κ2) is 6.48. The number of benzene rings is 1. The van der Waals surface area contributed by atoms with Crippen molar-refractivity contribution in [1.82, 2.24) is 5.32 Å². The summed E-state index contributed by atoms with van der Waals surface area (Å²) >= 11 is 3.60.